The van der Waals surface area contributed by atoms with E-state index in [9.17, 15) is 4.79 Å². The second-order valence-electron chi connectivity index (χ2n) is 3.91. The third-order valence-corrected chi connectivity index (χ3v) is 2.56. The molecule has 1 amide bonds. The van der Waals surface area contributed by atoms with E-state index in [0.29, 0.717) is 13.2 Å². The molecule has 1 saturated heterocycles. The molecule has 0 aromatic carbocycles. The van der Waals surface area contributed by atoms with Gasteiger partial charge in [0.15, 0.2) is 0 Å². The minimum Gasteiger partial charge on any atom is -0.380 e. The lowest BCUT2D eigenvalue weighted by atomic mass is 10.2. The number of amides is 1. The molecular formula is C11H22N2O2. The van der Waals surface area contributed by atoms with Crippen molar-refractivity contribution in [3.8, 4) is 0 Å². The minimum atomic E-state index is 0.0284. The number of rotatable bonds is 7. The van der Waals surface area contributed by atoms with Gasteiger partial charge in [0.05, 0.1) is 12.6 Å². The fraction of sp³-hybridized carbons (Fsp3) is 0.909. The van der Waals surface area contributed by atoms with Crippen LogP contribution in [0.15, 0.2) is 0 Å². The average molecular weight is 214 g/mol. The average Bonchev–Trinajstić information content (AvgIpc) is 2.76. The first-order valence-electron chi connectivity index (χ1n) is 5.93. The van der Waals surface area contributed by atoms with Crippen LogP contribution < -0.4 is 10.6 Å². The highest BCUT2D eigenvalue weighted by atomic mass is 16.5. The van der Waals surface area contributed by atoms with Crippen LogP contribution in [0.2, 0.25) is 0 Å². The van der Waals surface area contributed by atoms with Crippen LogP contribution in [0.5, 0.6) is 0 Å². The lowest BCUT2D eigenvalue weighted by Crippen LogP contribution is -2.41. The van der Waals surface area contributed by atoms with E-state index in [0.717, 1.165) is 38.8 Å². The standard InChI is InChI=1S/C11H22N2O2/c1-2-3-8-15-9-7-13-11(14)10-5-4-6-12-10/h10,12H,2-9H2,1H3,(H,13,14). The molecule has 0 aliphatic carbocycles. The fourth-order valence-corrected chi connectivity index (χ4v) is 1.63. The SMILES string of the molecule is CCCCOCCNC(=O)C1CCCN1. The van der Waals surface area contributed by atoms with Gasteiger partial charge in [-0.15, -0.1) is 0 Å². The third kappa shape index (κ3) is 5.14. The fourth-order valence-electron chi connectivity index (χ4n) is 1.63. The molecule has 1 atom stereocenters. The van der Waals surface area contributed by atoms with Crippen molar-refractivity contribution in [2.45, 2.75) is 38.6 Å². The van der Waals surface area contributed by atoms with E-state index in [1.165, 1.54) is 0 Å². The number of carbonyl (C=O) groups excluding carboxylic acids is 1. The van der Waals surface area contributed by atoms with Crippen LogP contribution in [0.4, 0.5) is 0 Å². The first-order valence-corrected chi connectivity index (χ1v) is 5.93. The molecule has 0 aromatic rings. The van der Waals surface area contributed by atoms with Gasteiger partial charge in [0, 0.05) is 13.2 Å². The Labute approximate surface area is 91.8 Å². The summed E-state index contributed by atoms with van der Waals surface area (Å²) >= 11 is 0. The van der Waals surface area contributed by atoms with Crippen molar-refractivity contribution in [2.75, 3.05) is 26.3 Å². The molecular weight excluding hydrogens is 192 g/mol. The summed E-state index contributed by atoms with van der Waals surface area (Å²) in [6.45, 7) is 5.15. The molecule has 1 aliphatic heterocycles. The number of carbonyl (C=O) groups is 1. The van der Waals surface area contributed by atoms with Crippen molar-refractivity contribution in [1.82, 2.24) is 10.6 Å². The number of unbranched alkanes of at least 4 members (excludes halogenated alkanes) is 1. The summed E-state index contributed by atoms with van der Waals surface area (Å²) in [5, 5.41) is 6.04. The van der Waals surface area contributed by atoms with Crippen molar-refractivity contribution >= 4 is 5.91 Å². The number of nitrogens with one attached hydrogen (secondary N) is 2. The molecule has 2 N–H and O–H groups in total. The van der Waals surface area contributed by atoms with Gasteiger partial charge in [0.2, 0.25) is 5.91 Å². The van der Waals surface area contributed by atoms with Crippen molar-refractivity contribution in [2.24, 2.45) is 0 Å². The molecule has 1 unspecified atom stereocenters. The third-order valence-electron chi connectivity index (χ3n) is 2.56. The zero-order valence-electron chi connectivity index (χ0n) is 9.55. The smallest absolute Gasteiger partial charge is 0.237 e. The van der Waals surface area contributed by atoms with E-state index >= 15 is 0 Å². The normalized spacial score (nSPS) is 20.5. The van der Waals surface area contributed by atoms with Gasteiger partial charge in [-0.3, -0.25) is 4.79 Å². The lowest BCUT2D eigenvalue weighted by molar-refractivity contribution is -0.123. The summed E-state index contributed by atoms with van der Waals surface area (Å²) in [6, 6.07) is 0.0284. The first kappa shape index (κ1) is 12.5. The Morgan fingerprint density at radius 3 is 3.07 bits per heavy atom. The molecule has 0 saturated carbocycles. The predicted octanol–water partition coefficient (Wildman–Crippen LogP) is 0.671. The highest BCUT2D eigenvalue weighted by Gasteiger charge is 2.20. The van der Waals surface area contributed by atoms with Crippen LogP contribution in [0.3, 0.4) is 0 Å². The maximum absolute atomic E-state index is 11.5. The Kier molecular flexibility index (Phi) is 6.36. The quantitative estimate of drug-likeness (QED) is 0.612. The monoisotopic (exact) mass is 214 g/mol. The lowest BCUT2D eigenvalue weighted by Gasteiger charge is -2.10. The first-order chi connectivity index (χ1) is 7.34. The summed E-state index contributed by atoms with van der Waals surface area (Å²) in [5.74, 6) is 0.117. The molecule has 0 radical (unpaired) electrons. The van der Waals surface area contributed by atoms with Crippen LogP contribution in [0.25, 0.3) is 0 Å². The molecule has 0 aromatic heterocycles. The van der Waals surface area contributed by atoms with Crippen molar-refractivity contribution in [3.63, 3.8) is 0 Å². The molecule has 0 bridgehead atoms. The highest BCUT2D eigenvalue weighted by molar-refractivity contribution is 5.81. The zero-order valence-corrected chi connectivity index (χ0v) is 9.55. The number of hydrogen-bond donors (Lipinski definition) is 2. The van der Waals surface area contributed by atoms with E-state index in [1.807, 2.05) is 0 Å². The molecule has 88 valence electrons. The van der Waals surface area contributed by atoms with Gasteiger partial charge in [0.1, 0.15) is 0 Å². The van der Waals surface area contributed by atoms with Gasteiger partial charge < -0.3 is 15.4 Å². The Balaban J connectivity index is 1.92. The molecule has 0 spiro atoms. The molecule has 4 heteroatoms. The second kappa shape index (κ2) is 7.65. The molecule has 15 heavy (non-hydrogen) atoms. The summed E-state index contributed by atoms with van der Waals surface area (Å²) in [7, 11) is 0. The molecule has 4 nitrogen and oxygen atoms in total. The van der Waals surface area contributed by atoms with E-state index in [2.05, 4.69) is 17.6 Å². The van der Waals surface area contributed by atoms with E-state index in [-0.39, 0.29) is 11.9 Å². The Morgan fingerprint density at radius 1 is 1.53 bits per heavy atom. The molecule has 1 aliphatic rings. The van der Waals surface area contributed by atoms with Crippen LogP contribution in [-0.2, 0) is 9.53 Å². The topological polar surface area (TPSA) is 50.4 Å². The van der Waals surface area contributed by atoms with Crippen LogP contribution in [-0.4, -0.2) is 38.3 Å². The van der Waals surface area contributed by atoms with Gasteiger partial charge in [-0.2, -0.15) is 0 Å². The van der Waals surface area contributed by atoms with Gasteiger partial charge in [-0.25, -0.2) is 0 Å². The molecule has 1 fully saturated rings. The van der Waals surface area contributed by atoms with E-state index in [4.69, 9.17) is 4.74 Å². The highest BCUT2D eigenvalue weighted by Crippen LogP contribution is 2.03. The van der Waals surface area contributed by atoms with Crippen molar-refractivity contribution < 1.29 is 9.53 Å². The summed E-state index contributed by atoms with van der Waals surface area (Å²) in [5.41, 5.74) is 0. The molecule has 1 rings (SSSR count). The number of ether oxygens (including phenoxy) is 1. The van der Waals surface area contributed by atoms with Gasteiger partial charge in [-0.1, -0.05) is 13.3 Å². The van der Waals surface area contributed by atoms with Gasteiger partial charge in [-0.05, 0) is 25.8 Å². The van der Waals surface area contributed by atoms with Crippen LogP contribution >= 0.6 is 0 Å². The van der Waals surface area contributed by atoms with E-state index < -0.39 is 0 Å². The minimum absolute atomic E-state index is 0.0284. The second-order valence-corrected chi connectivity index (χ2v) is 3.91. The zero-order chi connectivity index (χ0) is 10.9. The largest absolute Gasteiger partial charge is 0.380 e. The van der Waals surface area contributed by atoms with Crippen LogP contribution in [0.1, 0.15) is 32.6 Å². The van der Waals surface area contributed by atoms with Crippen molar-refractivity contribution in [1.29, 1.82) is 0 Å². The van der Waals surface area contributed by atoms with Gasteiger partial charge >= 0.3 is 0 Å². The predicted molar refractivity (Wildman–Crippen MR) is 59.8 cm³/mol. The van der Waals surface area contributed by atoms with Gasteiger partial charge in [0.25, 0.3) is 0 Å². The Morgan fingerprint density at radius 2 is 2.40 bits per heavy atom. The maximum atomic E-state index is 11.5. The summed E-state index contributed by atoms with van der Waals surface area (Å²) < 4.78 is 5.35. The van der Waals surface area contributed by atoms with Crippen LogP contribution in [0, 0.1) is 0 Å². The molecule has 1 heterocycles. The summed E-state index contributed by atoms with van der Waals surface area (Å²) in [4.78, 5) is 11.5. The van der Waals surface area contributed by atoms with Crippen molar-refractivity contribution in [3.05, 3.63) is 0 Å². The Bertz CT molecular complexity index is 179. The number of hydrogen-bond acceptors (Lipinski definition) is 3. The summed E-state index contributed by atoms with van der Waals surface area (Å²) in [6.07, 6.45) is 4.31. The maximum Gasteiger partial charge on any atom is 0.237 e. The Hall–Kier alpha value is -0.610. The van der Waals surface area contributed by atoms with E-state index in [1.54, 1.807) is 0 Å².